The molecule has 0 aliphatic heterocycles. The molecule has 144 valence electrons. The summed E-state index contributed by atoms with van der Waals surface area (Å²) < 4.78 is 37.9. The van der Waals surface area contributed by atoms with E-state index in [2.05, 4.69) is 10.6 Å². The predicted octanol–water partition coefficient (Wildman–Crippen LogP) is 3.76. The molecule has 0 saturated heterocycles. The molecule has 4 nitrogen and oxygen atoms in total. The zero-order chi connectivity index (χ0) is 19.4. The van der Waals surface area contributed by atoms with Crippen LogP contribution in [0, 0.1) is 0 Å². The smallest absolute Gasteiger partial charge is 0.354 e. The lowest BCUT2D eigenvalue weighted by molar-refractivity contribution is -0.137. The Labute approximate surface area is 151 Å². The van der Waals surface area contributed by atoms with Crippen molar-refractivity contribution in [3.05, 3.63) is 35.4 Å². The van der Waals surface area contributed by atoms with E-state index in [-0.39, 0.29) is 24.2 Å². The Kier molecular flexibility index (Phi) is 6.31. The summed E-state index contributed by atoms with van der Waals surface area (Å²) >= 11 is 0. The first-order chi connectivity index (χ1) is 12.2. The molecule has 1 aliphatic rings. The van der Waals surface area contributed by atoms with Gasteiger partial charge in [-0.15, -0.1) is 0 Å². The predicted molar refractivity (Wildman–Crippen MR) is 92.5 cm³/mol. The van der Waals surface area contributed by atoms with Gasteiger partial charge in [-0.1, -0.05) is 31.9 Å². The Bertz CT molecular complexity index is 635. The van der Waals surface area contributed by atoms with Crippen LogP contribution in [0.25, 0.3) is 0 Å². The van der Waals surface area contributed by atoms with Crippen LogP contribution in [-0.4, -0.2) is 23.9 Å². The number of amides is 2. The van der Waals surface area contributed by atoms with Gasteiger partial charge in [0.05, 0.1) is 5.56 Å². The average molecular weight is 370 g/mol. The summed E-state index contributed by atoms with van der Waals surface area (Å²) in [7, 11) is 0. The van der Waals surface area contributed by atoms with Gasteiger partial charge in [0.15, 0.2) is 0 Å². The van der Waals surface area contributed by atoms with Crippen LogP contribution in [0.5, 0.6) is 0 Å². The fourth-order valence-corrected chi connectivity index (χ4v) is 3.43. The van der Waals surface area contributed by atoms with Crippen molar-refractivity contribution in [1.82, 2.24) is 10.6 Å². The first kappa shape index (κ1) is 20.3. The fourth-order valence-electron chi connectivity index (χ4n) is 3.43. The maximum atomic E-state index is 12.6. The van der Waals surface area contributed by atoms with E-state index in [9.17, 15) is 22.8 Å². The van der Waals surface area contributed by atoms with Gasteiger partial charge in [0.2, 0.25) is 11.8 Å². The molecule has 1 atom stereocenters. The van der Waals surface area contributed by atoms with Crippen molar-refractivity contribution < 1.29 is 22.8 Å². The van der Waals surface area contributed by atoms with Gasteiger partial charge in [0.1, 0.15) is 5.54 Å². The molecule has 0 spiro atoms. The second kappa shape index (κ2) is 8.10. The second-order valence-electron chi connectivity index (χ2n) is 6.92. The van der Waals surface area contributed by atoms with Crippen molar-refractivity contribution in [2.24, 2.45) is 0 Å². The quantitative estimate of drug-likeness (QED) is 0.801. The zero-order valence-corrected chi connectivity index (χ0v) is 15.1. The van der Waals surface area contributed by atoms with Crippen LogP contribution < -0.4 is 10.6 Å². The van der Waals surface area contributed by atoms with Crippen molar-refractivity contribution in [3.63, 3.8) is 0 Å². The Morgan fingerprint density at radius 1 is 1.15 bits per heavy atom. The van der Waals surface area contributed by atoms with Crippen LogP contribution in [0.3, 0.4) is 0 Å². The monoisotopic (exact) mass is 370 g/mol. The molecule has 2 N–H and O–H groups in total. The van der Waals surface area contributed by atoms with Gasteiger partial charge in [-0.25, -0.2) is 0 Å². The summed E-state index contributed by atoms with van der Waals surface area (Å²) in [5.41, 5.74) is -0.905. The van der Waals surface area contributed by atoms with E-state index >= 15 is 0 Å². The Morgan fingerprint density at radius 3 is 2.23 bits per heavy atom. The summed E-state index contributed by atoms with van der Waals surface area (Å²) in [6, 6.07) is 4.85. The van der Waals surface area contributed by atoms with E-state index in [4.69, 9.17) is 0 Å². The normalized spacial score (nSPS) is 17.6. The molecular weight excluding hydrogens is 345 g/mol. The molecule has 1 fully saturated rings. The van der Waals surface area contributed by atoms with E-state index in [0.717, 1.165) is 25.0 Å². The van der Waals surface area contributed by atoms with E-state index in [1.807, 2.05) is 6.92 Å². The molecular formula is C19H25F3N2O2. The maximum absolute atomic E-state index is 12.6. The summed E-state index contributed by atoms with van der Waals surface area (Å²) in [5, 5.41) is 5.66. The van der Waals surface area contributed by atoms with E-state index in [0.29, 0.717) is 24.9 Å². The number of nitrogens with one attached hydrogen (secondary N) is 2. The number of carbonyl (C=O) groups excluding carboxylic acids is 2. The number of halogens is 3. The molecule has 2 amide bonds. The van der Waals surface area contributed by atoms with Crippen molar-refractivity contribution in [3.8, 4) is 0 Å². The van der Waals surface area contributed by atoms with Gasteiger partial charge in [0, 0.05) is 13.0 Å². The molecule has 0 heterocycles. The van der Waals surface area contributed by atoms with Gasteiger partial charge in [-0.3, -0.25) is 9.59 Å². The average Bonchev–Trinajstić information content (AvgIpc) is 3.04. The van der Waals surface area contributed by atoms with Crippen LogP contribution >= 0.6 is 0 Å². The molecule has 0 unspecified atom stereocenters. The third-order valence-corrected chi connectivity index (χ3v) is 4.91. The van der Waals surface area contributed by atoms with Gasteiger partial charge >= 0.3 is 6.18 Å². The largest absolute Gasteiger partial charge is 0.416 e. The molecule has 7 heteroatoms. The molecule has 26 heavy (non-hydrogen) atoms. The number of benzene rings is 1. The SMILES string of the molecule is CCNC(=O)C1(NC(=O)C[C@@H](C)c2ccc(C(F)(F)F)cc2)CCCC1. The highest BCUT2D eigenvalue weighted by Gasteiger charge is 2.42. The zero-order valence-electron chi connectivity index (χ0n) is 15.1. The van der Waals surface area contributed by atoms with Gasteiger partial charge in [-0.2, -0.15) is 13.2 Å². The number of rotatable bonds is 6. The van der Waals surface area contributed by atoms with Crippen LogP contribution in [0.1, 0.15) is 63.0 Å². The number of carbonyl (C=O) groups is 2. The first-order valence-corrected chi connectivity index (χ1v) is 8.94. The highest BCUT2D eigenvalue weighted by atomic mass is 19.4. The summed E-state index contributed by atoms with van der Waals surface area (Å²) in [6.07, 6.45) is -1.27. The molecule has 1 aromatic rings. The van der Waals surface area contributed by atoms with Crippen LogP contribution in [0.2, 0.25) is 0 Å². The minimum absolute atomic E-state index is 0.118. The molecule has 0 aromatic heterocycles. The molecule has 1 aromatic carbocycles. The van der Waals surface area contributed by atoms with Crippen molar-refractivity contribution >= 4 is 11.8 Å². The minimum Gasteiger partial charge on any atom is -0.354 e. The lowest BCUT2D eigenvalue weighted by atomic mass is 9.93. The highest BCUT2D eigenvalue weighted by molar-refractivity contribution is 5.92. The van der Waals surface area contributed by atoms with Crippen molar-refractivity contribution in [2.45, 2.75) is 63.6 Å². The fraction of sp³-hybridized carbons (Fsp3) is 0.579. The Balaban J connectivity index is 2.01. The van der Waals surface area contributed by atoms with E-state index < -0.39 is 17.3 Å². The third kappa shape index (κ3) is 4.77. The van der Waals surface area contributed by atoms with Gasteiger partial charge < -0.3 is 10.6 Å². The second-order valence-corrected chi connectivity index (χ2v) is 6.92. The van der Waals surface area contributed by atoms with Crippen LogP contribution in [-0.2, 0) is 15.8 Å². The molecule has 0 radical (unpaired) electrons. The number of alkyl halides is 3. The van der Waals surface area contributed by atoms with Gasteiger partial charge in [-0.05, 0) is 43.4 Å². The molecule has 1 saturated carbocycles. The van der Waals surface area contributed by atoms with Crippen molar-refractivity contribution in [2.75, 3.05) is 6.54 Å². The third-order valence-electron chi connectivity index (χ3n) is 4.91. The van der Waals surface area contributed by atoms with Crippen LogP contribution in [0.15, 0.2) is 24.3 Å². The summed E-state index contributed by atoms with van der Waals surface area (Å²) in [5.74, 6) is -0.663. The Hall–Kier alpha value is -2.05. The highest BCUT2D eigenvalue weighted by Crippen LogP contribution is 2.32. The first-order valence-electron chi connectivity index (χ1n) is 8.94. The number of likely N-dealkylation sites (N-methyl/N-ethyl adjacent to an activating group) is 1. The summed E-state index contributed by atoms with van der Waals surface area (Å²) in [4.78, 5) is 24.8. The lowest BCUT2D eigenvalue weighted by Gasteiger charge is -2.29. The standard InChI is InChI=1S/C19H25F3N2O2/c1-3-23-17(26)18(10-4-5-11-18)24-16(25)12-13(2)14-6-8-15(9-7-14)19(20,21)22/h6-9,13H,3-5,10-12H2,1-2H3,(H,23,26)(H,24,25)/t13-/m1/s1. The van der Waals surface area contributed by atoms with E-state index in [1.165, 1.54) is 12.1 Å². The number of hydrogen-bond acceptors (Lipinski definition) is 2. The van der Waals surface area contributed by atoms with E-state index in [1.54, 1.807) is 6.92 Å². The maximum Gasteiger partial charge on any atom is 0.416 e. The topological polar surface area (TPSA) is 58.2 Å². The summed E-state index contributed by atoms with van der Waals surface area (Å²) in [6.45, 7) is 4.11. The van der Waals surface area contributed by atoms with Crippen LogP contribution in [0.4, 0.5) is 13.2 Å². The Morgan fingerprint density at radius 2 is 1.73 bits per heavy atom. The molecule has 1 aliphatic carbocycles. The minimum atomic E-state index is -4.37. The van der Waals surface area contributed by atoms with Gasteiger partial charge in [0.25, 0.3) is 0 Å². The number of hydrogen-bond donors (Lipinski definition) is 2. The molecule has 0 bridgehead atoms. The molecule has 2 rings (SSSR count). The lowest BCUT2D eigenvalue weighted by Crippen LogP contribution is -2.57. The van der Waals surface area contributed by atoms with Crippen molar-refractivity contribution in [1.29, 1.82) is 0 Å².